The SMILES string of the molecule is CCc1cccc(NC(=O)[C@@]2(C)Oc3cccnc3N(C(C)C)C2=O)c1. The van der Waals surface area contributed by atoms with E-state index in [4.69, 9.17) is 4.74 Å². The number of pyridine rings is 1. The number of nitrogens with one attached hydrogen (secondary N) is 1. The zero-order chi connectivity index (χ0) is 18.9. The number of hydrogen-bond acceptors (Lipinski definition) is 4. The molecule has 136 valence electrons. The van der Waals surface area contributed by atoms with Crippen molar-refractivity contribution in [2.45, 2.75) is 45.8 Å². The number of nitrogens with zero attached hydrogens (tertiary/aromatic N) is 2. The van der Waals surface area contributed by atoms with E-state index >= 15 is 0 Å². The minimum Gasteiger partial charge on any atom is -0.464 e. The molecule has 1 aliphatic rings. The van der Waals surface area contributed by atoms with Crippen molar-refractivity contribution in [2.75, 3.05) is 10.2 Å². The van der Waals surface area contributed by atoms with Gasteiger partial charge in [-0.1, -0.05) is 19.1 Å². The summed E-state index contributed by atoms with van der Waals surface area (Å²) >= 11 is 0. The van der Waals surface area contributed by atoms with Crippen LogP contribution >= 0.6 is 0 Å². The summed E-state index contributed by atoms with van der Waals surface area (Å²) in [6.45, 7) is 7.30. The van der Waals surface area contributed by atoms with E-state index < -0.39 is 17.4 Å². The van der Waals surface area contributed by atoms with Crippen LogP contribution in [0.3, 0.4) is 0 Å². The van der Waals surface area contributed by atoms with Gasteiger partial charge in [-0.2, -0.15) is 0 Å². The molecule has 1 N–H and O–H groups in total. The fraction of sp³-hybridized carbons (Fsp3) is 0.350. The van der Waals surface area contributed by atoms with Crippen LogP contribution in [0.2, 0.25) is 0 Å². The van der Waals surface area contributed by atoms with Gasteiger partial charge in [0.15, 0.2) is 11.6 Å². The average molecular weight is 353 g/mol. The monoisotopic (exact) mass is 353 g/mol. The van der Waals surface area contributed by atoms with E-state index in [2.05, 4.69) is 10.3 Å². The number of aromatic nitrogens is 1. The Hall–Kier alpha value is -2.89. The van der Waals surface area contributed by atoms with Crippen LogP contribution in [0.5, 0.6) is 5.75 Å². The molecule has 6 heteroatoms. The maximum atomic E-state index is 13.1. The fourth-order valence-corrected chi connectivity index (χ4v) is 2.97. The first-order valence-corrected chi connectivity index (χ1v) is 8.75. The topological polar surface area (TPSA) is 71.5 Å². The number of rotatable bonds is 4. The first-order chi connectivity index (χ1) is 12.4. The normalized spacial score (nSPS) is 19.1. The Morgan fingerprint density at radius 1 is 1.31 bits per heavy atom. The average Bonchev–Trinajstić information content (AvgIpc) is 2.62. The van der Waals surface area contributed by atoms with Crippen molar-refractivity contribution in [3.63, 3.8) is 0 Å². The molecule has 2 heterocycles. The number of ether oxygens (including phenoxy) is 1. The van der Waals surface area contributed by atoms with Crippen LogP contribution in [0.25, 0.3) is 0 Å². The standard InChI is InChI=1S/C20H23N3O3/c1-5-14-8-6-9-15(12-14)22-18(24)20(4)19(25)23(13(2)3)17-16(26-20)10-7-11-21-17/h6-13H,5H2,1-4H3,(H,22,24)/t20-/m1/s1. The minimum atomic E-state index is -1.66. The number of anilines is 2. The van der Waals surface area contributed by atoms with Gasteiger partial charge in [-0.25, -0.2) is 4.98 Å². The summed E-state index contributed by atoms with van der Waals surface area (Å²) in [6.07, 6.45) is 2.46. The smallest absolute Gasteiger partial charge is 0.282 e. The van der Waals surface area contributed by atoms with Crippen molar-refractivity contribution >= 4 is 23.3 Å². The molecule has 0 fully saturated rings. The summed E-state index contributed by atoms with van der Waals surface area (Å²) in [5.41, 5.74) is 0.0740. The molecule has 2 amide bonds. The molecule has 1 atom stereocenters. The lowest BCUT2D eigenvalue weighted by Gasteiger charge is -2.40. The van der Waals surface area contributed by atoms with Gasteiger partial charge in [-0.05, 0) is 57.0 Å². The second kappa shape index (κ2) is 6.78. The molecular weight excluding hydrogens is 330 g/mol. The van der Waals surface area contributed by atoms with E-state index in [9.17, 15) is 9.59 Å². The summed E-state index contributed by atoms with van der Waals surface area (Å²) in [7, 11) is 0. The summed E-state index contributed by atoms with van der Waals surface area (Å²) in [4.78, 5) is 31.8. The van der Waals surface area contributed by atoms with Gasteiger partial charge in [0.25, 0.3) is 17.4 Å². The Balaban J connectivity index is 1.95. The molecule has 0 saturated heterocycles. The van der Waals surface area contributed by atoms with Crippen LogP contribution in [0, 0.1) is 0 Å². The number of fused-ring (bicyclic) bond motifs is 1. The third-order valence-corrected chi connectivity index (χ3v) is 4.46. The fourth-order valence-electron chi connectivity index (χ4n) is 2.97. The van der Waals surface area contributed by atoms with Gasteiger partial charge in [0.1, 0.15) is 0 Å². The first-order valence-electron chi connectivity index (χ1n) is 8.75. The zero-order valence-corrected chi connectivity index (χ0v) is 15.4. The number of hydrogen-bond donors (Lipinski definition) is 1. The van der Waals surface area contributed by atoms with Crippen LogP contribution in [0.4, 0.5) is 11.5 Å². The molecule has 1 aromatic heterocycles. The molecule has 0 aliphatic carbocycles. The van der Waals surface area contributed by atoms with Crippen molar-refractivity contribution < 1.29 is 14.3 Å². The Labute approximate surface area is 153 Å². The molecule has 1 aliphatic heterocycles. The van der Waals surface area contributed by atoms with E-state index in [0.29, 0.717) is 17.3 Å². The molecule has 1 aromatic carbocycles. The highest BCUT2D eigenvalue weighted by atomic mass is 16.5. The molecule has 6 nitrogen and oxygen atoms in total. The van der Waals surface area contributed by atoms with E-state index in [1.165, 1.54) is 11.8 Å². The Morgan fingerprint density at radius 2 is 2.08 bits per heavy atom. The predicted molar refractivity (Wildman–Crippen MR) is 100 cm³/mol. The maximum Gasteiger partial charge on any atom is 0.282 e. The summed E-state index contributed by atoms with van der Waals surface area (Å²) in [5.74, 6) is -0.0785. The van der Waals surface area contributed by atoms with Gasteiger partial charge in [0.05, 0.1) is 0 Å². The third kappa shape index (κ3) is 3.03. The highest BCUT2D eigenvalue weighted by Crippen LogP contribution is 2.37. The number of benzene rings is 1. The van der Waals surface area contributed by atoms with Crippen molar-refractivity contribution in [3.05, 3.63) is 48.2 Å². The molecule has 2 aromatic rings. The van der Waals surface area contributed by atoms with Crippen LogP contribution in [-0.4, -0.2) is 28.4 Å². The lowest BCUT2D eigenvalue weighted by Crippen LogP contribution is -2.62. The van der Waals surface area contributed by atoms with Gasteiger partial charge in [-0.3, -0.25) is 14.5 Å². The largest absolute Gasteiger partial charge is 0.464 e. The van der Waals surface area contributed by atoms with Crippen molar-refractivity contribution in [3.8, 4) is 5.75 Å². The molecular formula is C20H23N3O3. The molecule has 0 radical (unpaired) electrons. The summed E-state index contributed by atoms with van der Waals surface area (Å²) in [6, 6.07) is 10.8. The van der Waals surface area contributed by atoms with Gasteiger partial charge >= 0.3 is 0 Å². The van der Waals surface area contributed by atoms with Gasteiger partial charge < -0.3 is 10.1 Å². The molecule has 0 bridgehead atoms. The third-order valence-electron chi connectivity index (χ3n) is 4.46. The van der Waals surface area contributed by atoms with Crippen LogP contribution in [0.1, 0.15) is 33.3 Å². The minimum absolute atomic E-state index is 0.157. The Bertz CT molecular complexity index is 850. The highest BCUT2D eigenvalue weighted by Gasteiger charge is 2.51. The molecule has 26 heavy (non-hydrogen) atoms. The molecule has 0 spiro atoms. The van der Waals surface area contributed by atoms with Crippen LogP contribution in [0.15, 0.2) is 42.6 Å². The van der Waals surface area contributed by atoms with Gasteiger partial charge in [0.2, 0.25) is 0 Å². The summed E-state index contributed by atoms with van der Waals surface area (Å²) < 4.78 is 5.84. The Morgan fingerprint density at radius 3 is 2.77 bits per heavy atom. The van der Waals surface area contributed by atoms with E-state index in [-0.39, 0.29) is 6.04 Å². The lowest BCUT2D eigenvalue weighted by molar-refractivity contribution is -0.145. The summed E-state index contributed by atoms with van der Waals surface area (Å²) in [5, 5.41) is 2.82. The zero-order valence-electron chi connectivity index (χ0n) is 15.4. The second-order valence-corrected chi connectivity index (χ2v) is 6.74. The van der Waals surface area contributed by atoms with Crippen LogP contribution < -0.4 is 15.0 Å². The van der Waals surface area contributed by atoms with Gasteiger partial charge in [-0.15, -0.1) is 0 Å². The maximum absolute atomic E-state index is 13.1. The van der Waals surface area contributed by atoms with Crippen molar-refractivity contribution in [1.82, 2.24) is 4.98 Å². The van der Waals surface area contributed by atoms with Crippen molar-refractivity contribution in [2.24, 2.45) is 0 Å². The number of carbonyl (C=O) groups excluding carboxylic acids is 2. The lowest BCUT2D eigenvalue weighted by atomic mass is 9.99. The number of amides is 2. The molecule has 0 unspecified atom stereocenters. The van der Waals surface area contributed by atoms with Gasteiger partial charge in [0, 0.05) is 17.9 Å². The second-order valence-electron chi connectivity index (χ2n) is 6.74. The van der Waals surface area contributed by atoms with E-state index in [1.54, 1.807) is 24.4 Å². The molecule has 3 rings (SSSR count). The highest BCUT2D eigenvalue weighted by molar-refractivity contribution is 6.19. The number of aryl methyl sites for hydroxylation is 1. The quantitative estimate of drug-likeness (QED) is 0.857. The number of carbonyl (C=O) groups is 2. The Kier molecular flexibility index (Phi) is 4.68. The van der Waals surface area contributed by atoms with Crippen molar-refractivity contribution in [1.29, 1.82) is 0 Å². The van der Waals surface area contributed by atoms with E-state index in [1.807, 2.05) is 39.0 Å². The molecule has 0 saturated carbocycles. The first kappa shape index (κ1) is 17.9. The van der Waals surface area contributed by atoms with E-state index in [0.717, 1.165) is 12.0 Å². The predicted octanol–water partition coefficient (Wildman–Crippen LogP) is 3.18. The van der Waals surface area contributed by atoms with Crippen LogP contribution in [-0.2, 0) is 16.0 Å².